The van der Waals surface area contributed by atoms with E-state index in [1.54, 1.807) is 4.90 Å². The molecule has 18 heavy (non-hydrogen) atoms. The van der Waals surface area contributed by atoms with E-state index in [2.05, 4.69) is 10.3 Å². The summed E-state index contributed by atoms with van der Waals surface area (Å²) < 4.78 is 6.51. The van der Waals surface area contributed by atoms with Crippen molar-refractivity contribution in [2.24, 2.45) is 0 Å². The van der Waals surface area contributed by atoms with Crippen molar-refractivity contribution in [2.45, 2.75) is 13.0 Å². The van der Waals surface area contributed by atoms with Gasteiger partial charge >= 0.3 is 5.97 Å². The zero-order valence-corrected chi connectivity index (χ0v) is 9.94. The van der Waals surface area contributed by atoms with Crippen LogP contribution in [0.25, 0.3) is 0 Å². The summed E-state index contributed by atoms with van der Waals surface area (Å²) in [6, 6.07) is -0.00354. The topological polar surface area (TPSA) is 97.5 Å². The summed E-state index contributed by atoms with van der Waals surface area (Å²) in [5, 5.41) is 16.0. The van der Waals surface area contributed by atoms with Crippen molar-refractivity contribution in [3.8, 4) is 0 Å². The summed E-state index contributed by atoms with van der Waals surface area (Å²) in [5.74, 6) is -1.17. The highest BCUT2D eigenvalue weighted by atomic mass is 16.5. The first-order chi connectivity index (χ1) is 8.61. The summed E-state index contributed by atoms with van der Waals surface area (Å²) in [6.07, 6.45) is 1.37. The molecule has 0 atom stereocenters. The minimum Gasteiger partial charge on any atom is -0.476 e. The molecule has 1 N–H and O–H groups in total. The first-order valence-corrected chi connectivity index (χ1v) is 5.62. The van der Waals surface area contributed by atoms with Gasteiger partial charge in [0, 0.05) is 19.7 Å². The third kappa shape index (κ3) is 2.48. The van der Waals surface area contributed by atoms with Gasteiger partial charge in [0.15, 0.2) is 5.69 Å². The van der Waals surface area contributed by atoms with Crippen molar-refractivity contribution >= 4 is 11.9 Å². The molecule has 1 aliphatic heterocycles. The highest BCUT2D eigenvalue weighted by Gasteiger charge is 2.32. The maximum Gasteiger partial charge on any atom is 0.358 e. The van der Waals surface area contributed by atoms with Crippen molar-refractivity contribution in [2.75, 3.05) is 26.3 Å². The lowest BCUT2D eigenvalue weighted by Crippen LogP contribution is -2.52. The van der Waals surface area contributed by atoms with Gasteiger partial charge in [0.2, 0.25) is 5.91 Å². The molecular weight excluding hydrogens is 240 g/mol. The van der Waals surface area contributed by atoms with Gasteiger partial charge in [-0.3, -0.25) is 4.79 Å². The molecule has 1 saturated heterocycles. The number of carbonyl (C=O) groups excluding carboxylic acids is 1. The van der Waals surface area contributed by atoms with E-state index in [1.165, 1.54) is 10.9 Å². The second kappa shape index (κ2) is 5.13. The van der Waals surface area contributed by atoms with Crippen LogP contribution in [-0.2, 0) is 9.53 Å². The number of carbonyl (C=O) groups is 2. The molecule has 1 aromatic heterocycles. The largest absolute Gasteiger partial charge is 0.476 e. The van der Waals surface area contributed by atoms with E-state index in [1.807, 2.05) is 6.92 Å². The van der Waals surface area contributed by atoms with Crippen LogP contribution in [0.1, 0.15) is 23.5 Å². The van der Waals surface area contributed by atoms with E-state index in [0.29, 0.717) is 19.7 Å². The Kier molecular flexibility index (Phi) is 3.56. The molecule has 0 radical (unpaired) electrons. The minimum atomic E-state index is -1.11. The van der Waals surface area contributed by atoms with Gasteiger partial charge < -0.3 is 14.7 Å². The maximum atomic E-state index is 11.5. The maximum absolute atomic E-state index is 11.5. The Morgan fingerprint density at radius 1 is 1.56 bits per heavy atom. The van der Waals surface area contributed by atoms with Gasteiger partial charge in [-0.2, -0.15) is 0 Å². The van der Waals surface area contributed by atoms with Gasteiger partial charge in [0.1, 0.15) is 6.61 Å². The zero-order valence-electron chi connectivity index (χ0n) is 9.94. The second-order valence-corrected chi connectivity index (χ2v) is 3.98. The van der Waals surface area contributed by atoms with E-state index in [0.717, 1.165) is 0 Å². The predicted octanol–water partition coefficient (Wildman–Crippen LogP) is -0.604. The van der Waals surface area contributed by atoms with Gasteiger partial charge in [0.05, 0.1) is 12.2 Å². The van der Waals surface area contributed by atoms with Gasteiger partial charge in [-0.05, 0) is 6.92 Å². The normalized spacial score (nSPS) is 15.5. The van der Waals surface area contributed by atoms with Crippen LogP contribution in [0.2, 0.25) is 0 Å². The van der Waals surface area contributed by atoms with Crippen LogP contribution in [0.5, 0.6) is 0 Å². The number of carboxylic acids is 1. The quantitative estimate of drug-likeness (QED) is 0.753. The van der Waals surface area contributed by atoms with Crippen molar-refractivity contribution in [3.63, 3.8) is 0 Å². The summed E-state index contributed by atoms with van der Waals surface area (Å²) in [5.41, 5.74) is -0.0888. The van der Waals surface area contributed by atoms with Crippen molar-refractivity contribution < 1.29 is 19.4 Å². The molecule has 0 spiro atoms. The first kappa shape index (κ1) is 12.5. The lowest BCUT2D eigenvalue weighted by atomic mass is 10.1. The molecule has 1 fully saturated rings. The zero-order chi connectivity index (χ0) is 13.1. The van der Waals surface area contributed by atoms with Crippen LogP contribution in [0.4, 0.5) is 0 Å². The number of amides is 1. The van der Waals surface area contributed by atoms with Crippen molar-refractivity contribution in [1.29, 1.82) is 0 Å². The SMILES string of the molecule is CCOCC(=O)N1CC(n2cc(C(=O)O)nn2)C1. The van der Waals surface area contributed by atoms with Crippen LogP contribution >= 0.6 is 0 Å². The number of likely N-dealkylation sites (tertiary alicyclic amines) is 1. The third-order valence-electron chi connectivity index (χ3n) is 2.75. The average molecular weight is 254 g/mol. The molecule has 8 nitrogen and oxygen atoms in total. The Labute approximate surface area is 103 Å². The van der Waals surface area contributed by atoms with E-state index < -0.39 is 5.97 Å². The van der Waals surface area contributed by atoms with E-state index in [4.69, 9.17) is 9.84 Å². The standard InChI is InChI=1S/C10H14N4O4/c1-2-18-6-9(15)13-3-7(4-13)14-5-8(10(16)17)11-12-14/h5,7H,2-4,6H2,1H3,(H,16,17). The number of aromatic nitrogens is 3. The van der Waals surface area contributed by atoms with E-state index in [9.17, 15) is 9.59 Å². The summed E-state index contributed by atoms with van der Waals surface area (Å²) in [7, 11) is 0. The molecule has 0 aromatic carbocycles. The Bertz CT molecular complexity index is 452. The van der Waals surface area contributed by atoms with Gasteiger partial charge in [-0.15, -0.1) is 5.10 Å². The summed E-state index contributed by atoms with van der Waals surface area (Å²) in [6.45, 7) is 3.44. The molecule has 1 aromatic rings. The van der Waals surface area contributed by atoms with Crippen LogP contribution in [0.3, 0.4) is 0 Å². The first-order valence-electron chi connectivity index (χ1n) is 5.62. The lowest BCUT2D eigenvalue weighted by Gasteiger charge is -2.38. The molecule has 1 aliphatic rings. The van der Waals surface area contributed by atoms with Crippen molar-refractivity contribution in [1.82, 2.24) is 19.9 Å². The lowest BCUT2D eigenvalue weighted by molar-refractivity contribution is -0.142. The Morgan fingerprint density at radius 2 is 2.28 bits per heavy atom. The minimum absolute atomic E-state index is 0.00354. The molecule has 0 unspecified atom stereocenters. The number of rotatable bonds is 5. The fraction of sp³-hybridized carbons (Fsp3) is 0.600. The molecule has 98 valence electrons. The van der Waals surface area contributed by atoms with Gasteiger partial charge in [0.25, 0.3) is 0 Å². The highest BCUT2D eigenvalue weighted by molar-refractivity contribution is 5.84. The number of carboxylic acid groups (broad SMARTS) is 1. The third-order valence-corrected chi connectivity index (χ3v) is 2.75. The van der Waals surface area contributed by atoms with Crippen LogP contribution < -0.4 is 0 Å². The second-order valence-electron chi connectivity index (χ2n) is 3.98. The molecule has 2 heterocycles. The van der Waals surface area contributed by atoms with Crippen LogP contribution in [0.15, 0.2) is 6.20 Å². The molecule has 0 aliphatic carbocycles. The van der Waals surface area contributed by atoms with Gasteiger partial charge in [-0.25, -0.2) is 9.48 Å². The molecule has 8 heteroatoms. The number of aromatic carboxylic acids is 1. The predicted molar refractivity (Wildman–Crippen MR) is 59.1 cm³/mol. The Balaban J connectivity index is 1.84. The number of hydrogen-bond acceptors (Lipinski definition) is 5. The fourth-order valence-electron chi connectivity index (χ4n) is 1.66. The molecule has 0 bridgehead atoms. The molecular formula is C10H14N4O4. The van der Waals surface area contributed by atoms with Crippen LogP contribution in [-0.4, -0.2) is 63.2 Å². The summed E-state index contributed by atoms with van der Waals surface area (Å²) in [4.78, 5) is 23.8. The number of nitrogens with zero attached hydrogens (tertiary/aromatic N) is 4. The highest BCUT2D eigenvalue weighted by Crippen LogP contribution is 2.20. The van der Waals surface area contributed by atoms with Crippen LogP contribution in [0, 0.1) is 0 Å². The Morgan fingerprint density at radius 3 is 2.83 bits per heavy atom. The van der Waals surface area contributed by atoms with E-state index >= 15 is 0 Å². The monoisotopic (exact) mass is 254 g/mol. The van der Waals surface area contributed by atoms with Gasteiger partial charge in [-0.1, -0.05) is 5.21 Å². The van der Waals surface area contributed by atoms with Crippen molar-refractivity contribution in [3.05, 3.63) is 11.9 Å². The average Bonchev–Trinajstić information content (AvgIpc) is 2.73. The molecule has 0 saturated carbocycles. The summed E-state index contributed by atoms with van der Waals surface area (Å²) >= 11 is 0. The molecule has 1 amide bonds. The fourth-order valence-corrected chi connectivity index (χ4v) is 1.66. The smallest absolute Gasteiger partial charge is 0.358 e. The number of ether oxygens (including phenoxy) is 1. The molecule has 2 rings (SSSR count). The number of hydrogen-bond donors (Lipinski definition) is 1. The Hall–Kier alpha value is -1.96. The van der Waals surface area contributed by atoms with E-state index in [-0.39, 0.29) is 24.2 Å².